The first kappa shape index (κ1) is 15.9. The SMILES string of the molecule is CCSc1cccc(N(CC)CC(C)C)c1C(=N)N. The minimum atomic E-state index is 0.161. The van der Waals surface area contributed by atoms with Gasteiger partial charge in [-0.25, -0.2) is 0 Å². The van der Waals surface area contributed by atoms with Crippen LogP contribution < -0.4 is 10.6 Å². The minimum absolute atomic E-state index is 0.161. The third-order valence-corrected chi connectivity index (χ3v) is 3.82. The molecule has 0 aromatic heterocycles. The molecule has 0 aliphatic carbocycles. The van der Waals surface area contributed by atoms with Gasteiger partial charge in [0.2, 0.25) is 0 Å². The molecule has 0 unspecified atom stereocenters. The predicted octanol–water partition coefficient (Wildman–Crippen LogP) is 3.56. The van der Waals surface area contributed by atoms with Crippen LogP contribution in [-0.2, 0) is 0 Å². The molecule has 3 nitrogen and oxygen atoms in total. The molecule has 0 bridgehead atoms. The summed E-state index contributed by atoms with van der Waals surface area (Å²) in [5, 5.41) is 7.88. The van der Waals surface area contributed by atoms with E-state index in [-0.39, 0.29) is 5.84 Å². The number of anilines is 1. The van der Waals surface area contributed by atoms with Crippen molar-refractivity contribution in [3.8, 4) is 0 Å². The third-order valence-electron chi connectivity index (χ3n) is 2.88. The van der Waals surface area contributed by atoms with Gasteiger partial charge in [-0.3, -0.25) is 5.41 Å². The fourth-order valence-electron chi connectivity index (χ4n) is 2.17. The molecule has 0 fully saturated rings. The molecule has 0 atom stereocenters. The largest absolute Gasteiger partial charge is 0.384 e. The Balaban J connectivity index is 3.24. The average molecular weight is 279 g/mol. The Bertz CT molecular complexity index is 429. The molecule has 0 amide bonds. The zero-order valence-electron chi connectivity index (χ0n) is 12.4. The molecule has 0 heterocycles. The molecule has 0 spiro atoms. The summed E-state index contributed by atoms with van der Waals surface area (Å²) < 4.78 is 0. The van der Waals surface area contributed by atoms with E-state index in [1.807, 2.05) is 0 Å². The van der Waals surface area contributed by atoms with Gasteiger partial charge in [0.1, 0.15) is 5.84 Å². The lowest BCUT2D eigenvalue weighted by atomic mass is 10.1. The standard InChI is InChI=1S/C15H25N3S/c1-5-18(10-11(3)4)12-8-7-9-13(19-6-2)14(12)15(16)17/h7-9,11H,5-6,10H2,1-4H3,(H3,16,17). The fraction of sp³-hybridized carbons (Fsp3) is 0.533. The monoisotopic (exact) mass is 279 g/mol. The summed E-state index contributed by atoms with van der Waals surface area (Å²) in [7, 11) is 0. The van der Waals surface area contributed by atoms with Crippen LogP contribution in [0.25, 0.3) is 0 Å². The lowest BCUT2D eigenvalue weighted by molar-refractivity contribution is 0.618. The predicted molar refractivity (Wildman–Crippen MR) is 86.6 cm³/mol. The van der Waals surface area contributed by atoms with Gasteiger partial charge >= 0.3 is 0 Å². The van der Waals surface area contributed by atoms with Crippen LogP contribution in [0, 0.1) is 11.3 Å². The van der Waals surface area contributed by atoms with Gasteiger partial charge in [-0.05, 0) is 30.7 Å². The van der Waals surface area contributed by atoms with Crippen molar-refractivity contribution in [1.82, 2.24) is 0 Å². The summed E-state index contributed by atoms with van der Waals surface area (Å²) in [6.45, 7) is 10.6. The van der Waals surface area contributed by atoms with Crippen LogP contribution in [-0.4, -0.2) is 24.7 Å². The van der Waals surface area contributed by atoms with E-state index in [9.17, 15) is 0 Å². The van der Waals surface area contributed by atoms with Crippen LogP contribution in [0.1, 0.15) is 33.3 Å². The number of rotatable bonds is 7. The van der Waals surface area contributed by atoms with Crippen molar-refractivity contribution >= 4 is 23.3 Å². The molecule has 106 valence electrons. The second-order valence-corrected chi connectivity index (χ2v) is 6.24. The highest BCUT2D eigenvalue weighted by molar-refractivity contribution is 7.99. The molecule has 19 heavy (non-hydrogen) atoms. The van der Waals surface area contributed by atoms with E-state index in [1.54, 1.807) is 11.8 Å². The van der Waals surface area contributed by atoms with Crippen molar-refractivity contribution in [2.45, 2.75) is 32.6 Å². The molecule has 1 aromatic carbocycles. The third kappa shape index (κ3) is 4.16. The number of nitrogens with two attached hydrogens (primary N) is 1. The van der Waals surface area contributed by atoms with Gasteiger partial charge in [0.15, 0.2) is 0 Å². The number of hydrogen-bond acceptors (Lipinski definition) is 3. The van der Waals surface area contributed by atoms with E-state index >= 15 is 0 Å². The van der Waals surface area contributed by atoms with Crippen molar-refractivity contribution in [2.75, 3.05) is 23.7 Å². The van der Waals surface area contributed by atoms with E-state index in [4.69, 9.17) is 11.1 Å². The molecule has 0 saturated carbocycles. The van der Waals surface area contributed by atoms with Crippen LogP contribution in [0.3, 0.4) is 0 Å². The molecule has 0 saturated heterocycles. The Morgan fingerprint density at radius 3 is 2.53 bits per heavy atom. The molecule has 1 aromatic rings. The van der Waals surface area contributed by atoms with Crippen molar-refractivity contribution in [3.05, 3.63) is 23.8 Å². The number of nitrogen functional groups attached to an aromatic ring is 1. The molecular formula is C15H25N3S. The van der Waals surface area contributed by atoms with Gasteiger partial charge in [-0.15, -0.1) is 11.8 Å². The molecule has 0 aliphatic heterocycles. The van der Waals surface area contributed by atoms with Gasteiger partial charge in [0, 0.05) is 23.7 Å². The maximum atomic E-state index is 7.88. The highest BCUT2D eigenvalue weighted by Crippen LogP contribution is 2.30. The van der Waals surface area contributed by atoms with Crippen molar-refractivity contribution in [1.29, 1.82) is 5.41 Å². The summed E-state index contributed by atoms with van der Waals surface area (Å²) in [5.41, 5.74) is 7.78. The van der Waals surface area contributed by atoms with Gasteiger partial charge in [-0.2, -0.15) is 0 Å². The zero-order chi connectivity index (χ0) is 14.4. The van der Waals surface area contributed by atoms with E-state index in [1.165, 1.54) is 0 Å². The molecule has 0 radical (unpaired) electrons. The van der Waals surface area contributed by atoms with Crippen molar-refractivity contribution in [3.63, 3.8) is 0 Å². The second kappa shape index (κ2) is 7.43. The first-order chi connectivity index (χ1) is 9.01. The Hall–Kier alpha value is -1.16. The second-order valence-electron chi connectivity index (χ2n) is 4.93. The number of thioether (sulfide) groups is 1. The quantitative estimate of drug-likeness (QED) is 0.456. The molecule has 4 heteroatoms. The normalized spacial score (nSPS) is 10.8. The highest BCUT2D eigenvalue weighted by atomic mass is 32.2. The molecular weight excluding hydrogens is 254 g/mol. The zero-order valence-corrected chi connectivity index (χ0v) is 13.2. The summed E-state index contributed by atoms with van der Waals surface area (Å²) in [5.74, 6) is 1.73. The molecule has 1 rings (SSSR count). The summed E-state index contributed by atoms with van der Waals surface area (Å²) in [4.78, 5) is 3.41. The van der Waals surface area contributed by atoms with Gasteiger partial charge in [0.05, 0.1) is 5.56 Å². The number of benzene rings is 1. The van der Waals surface area contributed by atoms with Crippen LogP contribution >= 0.6 is 11.8 Å². The van der Waals surface area contributed by atoms with Crippen LogP contribution in [0.2, 0.25) is 0 Å². The van der Waals surface area contributed by atoms with E-state index in [0.29, 0.717) is 5.92 Å². The fourth-order valence-corrected chi connectivity index (χ4v) is 3.01. The Kier molecular flexibility index (Phi) is 6.22. The van der Waals surface area contributed by atoms with Crippen LogP contribution in [0.5, 0.6) is 0 Å². The van der Waals surface area contributed by atoms with E-state index in [2.05, 4.69) is 50.8 Å². The van der Waals surface area contributed by atoms with Crippen LogP contribution in [0.15, 0.2) is 23.1 Å². The van der Waals surface area contributed by atoms with E-state index < -0.39 is 0 Å². The summed E-state index contributed by atoms with van der Waals surface area (Å²) in [6.07, 6.45) is 0. The summed E-state index contributed by atoms with van der Waals surface area (Å²) in [6, 6.07) is 6.18. The number of hydrogen-bond donors (Lipinski definition) is 2. The highest BCUT2D eigenvalue weighted by Gasteiger charge is 2.16. The van der Waals surface area contributed by atoms with E-state index in [0.717, 1.165) is 35.0 Å². The Labute approximate surface area is 121 Å². The van der Waals surface area contributed by atoms with Gasteiger partial charge in [0.25, 0.3) is 0 Å². The number of nitrogens with zero attached hydrogens (tertiary/aromatic N) is 1. The summed E-state index contributed by atoms with van der Waals surface area (Å²) >= 11 is 1.74. The smallest absolute Gasteiger partial charge is 0.126 e. The topological polar surface area (TPSA) is 53.1 Å². The Morgan fingerprint density at radius 2 is 2.05 bits per heavy atom. The van der Waals surface area contributed by atoms with Crippen LogP contribution in [0.4, 0.5) is 5.69 Å². The lowest BCUT2D eigenvalue weighted by Crippen LogP contribution is -2.30. The maximum absolute atomic E-state index is 7.88. The lowest BCUT2D eigenvalue weighted by Gasteiger charge is -2.28. The minimum Gasteiger partial charge on any atom is -0.384 e. The van der Waals surface area contributed by atoms with Gasteiger partial charge < -0.3 is 10.6 Å². The van der Waals surface area contributed by atoms with Crippen molar-refractivity contribution < 1.29 is 0 Å². The molecule has 3 N–H and O–H groups in total. The average Bonchev–Trinajstić information content (AvgIpc) is 2.35. The number of nitrogens with one attached hydrogen (secondary N) is 1. The first-order valence-corrected chi connectivity index (χ1v) is 7.84. The molecule has 0 aliphatic rings. The number of amidine groups is 1. The maximum Gasteiger partial charge on any atom is 0.126 e. The first-order valence-electron chi connectivity index (χ1n) is 6.86. The Morgan fingerprint density at radius 1 is 1.37 bits per heavy atom. The van der Waals surface area contributed by atoms with Gasteiger partial charge in [-0.1, -0.05) is 26.8 Å². The van der Waals surface area contributed by atoms with Crippen molar-refractivity contribution in [2.24, 2.45) is 11.7 Å².